The van der Waals surface area contributed by atoms with Gasteiger partial charge in [-0.2, -0.15) is 17.0 Å². The van der Waals surface area contributed by atoms with E-state index >= 15 is 0 Å². The maximum Gasteiger partial charge on any atom is 0.133 e. The van der Waals surface area contributed by atoms with Crippen LogP contribution in [0.5, 0.6) is 0 Å². The fourth-order valence-corrected chi connectivity index (χ4v) is 2.51. The minimum absolute atomic E-state index is 0.777. The Bertz CT molecular complexity index is 305. The first-order valence-corrected chi connectivity index (χ1v) is 6.68. The number of nitrogens with zero attached hydrogens (tertiary/aromatic N) is 1. The minimum Gasteiger partial charge on any atom is -0.185 e. The van der Waals surface area contributed by atoms with E-state index in [1.165, 1.54) is 17.3 Å². The second-order valence-corrected chi connectivity index (χ2v) is 5.04. The summed E-state index contributed by atoms with van der Waals surface area (Å²) in [6.07, 6.45) is 0. The molecule has 1 aromatic rings. The molecule has 0 aromatic heterocycles. The molecule has 0 amide bonds. The van der Waals surface area contributed by atoms with Crippen molar-refractivity contribution in [1.82, 2.24) is 0 Å². The summed E-state index contributed by atoms with van der Waals surface area (Å²) < 4.78 is 0. The van der Waals surface area contributed by atoms with Crippen LogP contribution in [0.3, 0.4) is 0 Å². The third-order valence-electron chi connectivity index (χ3n) is 1.58. The highest BCUT2D eigenvalue weighted by Gasteiger charge is 1.94. The summed E-state index contributed by atoms with van der Waals surface area (Å²) in [5.41, 5.74) is 1.28. The van der Waals surface area contributed by atoms with Gasteiger partial charge in [-0.15, -0.1) is 0 Å². The summed E-state index contributed by atoms with van der Waals surface area (Å²) in [6, 6.07) is 7.88. The molecule has 0 saturated carbocycles. The highest BCUT2D eigenvalue weighted by molar-refractivity contribution is 8.05. The van der Waals surface area contributed by atoms with Crippen molar-refractivity contribution in [3.05, 3.63) is 34.9 Å². The highest BCUT2D eigenvalue weighted by Crippen LogP contribution is 2.16. The van der Waals surface area contributed by atoms with Gasteiger partial charge in [-0.25, -0.2) is 0 Å². The van der Waals surface area contributed by atoms with Crippen LogP contribution in [0, 0.1) is 10.7 Å². The molecule has 0 aliphatic rings. The van der Waals surface area contributed by atoms with E-state index < -0.39 is 0 Å². The van der Waals surface area contributed by atoms with Crippen LogP contribution in [-0.4, -0.2) is 11.5 Å². The van der Waals surface area contributed by atoms with Crippen LogP contribution in [0.15, 0.2) is 24.3 Å². The Morgan fingerprint density at radius 3 is 2.57 bits per heavy atom. The van der Waals surface area contributed by atoms with Gasteiger partial charge in [-0.3, -0.25) is 0 Å². The van der Waals surface area contributed by atoms with Crippen molar-refractivity contribution in [3.8, 4) is 5.40 Å². The molecule has 0 heterocycles. The summed E-state index contributed by atoms with van der Waals surface area (Å²) in [5.74, 6) is 2.90. The van der Waals surface area contributed by atoms with Crippen molar-refractivity contribution in [2.45, 2.75) is 5.75 Å². The molecule has 0 aliphatic heterocycles. The van der Waals surface area contributed by atoms with Gasteiger partial charge in [-0.1, -0.05) is 23.7 Å². The maximum absolute atomic E-state index is 8.30. The fraction of sp³-hybridized carbons (Fsp3) is 0.300. The smallest absolute Gasteiger partial charge is 0.133 e. The van der Waals surface area contributed by atoms with Gasteiger partial charge in [0.25, 0.3) is 0 Å². The predicted octanol–water partition coefficient (Wildman–Crippen LogP) is 3.79. The van der Waals surface area contributed by atoms with E-state index in [0.29, 0.717) is 0 Å². The molecule has 1 rings (SSSR count). The van der Waals surface area contributed by atoms with Crippen molar-refractivity contribution in [3.63, 3.8) is 0 Å². The number of thioether (sulfide) groups is 2. The Kier molecular flexibility index (Phi) is 5.93. The lowest BCUT2D eigenvalue weighted by Gasteiger charge is -2.00. The van der Waals surface area contributed by atoms with Gasteiger partial charge in [0, 0.05) is 22.3 Å². The molecule has 74 valence electrons. The van der Waals surface area contributed by atoms with Gasteiger partial charge in [0.2, 0.25) is 0 Å². The molecule has 0 N–H and O–H groups in total. The Labute approximate surface area is 97.8 Å². The number of halogens is 1. The molecule has 0 atom stereocenters. The van der Waals surface area contributed by atoms with Gasteiger partial charge in [-0.05, 0) is 29.5 Å². The number of nitriles is 1. The minimum atomic E-state index is 0.777. The second-order valence-electron chi connectivity index (χ2n) is 2.62. The molecule has 0 aliphatic carbocycles. The summed E-state index contributed by atoms with van der Waals surface area (Å²) in [5, 5.41) is 11.1. The van der Waals surface area contributed by atoms with E-state index in [9.17, 15) is 0 Å². The Hall–Kier alpha value is -0.300. The monoisotopic (exact) mass is 243 g/mol. The lowest BCUT2D eigenvalue weighted by Crippen LogP contribution is -1.85. The standard InChI is InChI=1S/C10H10ClNS2/c11-10-3-1-9(2-4-10)7-13-5-6-14-8-12/h1-4H,5-7H2. The normalized spacial score (nSPS) is 9.71. The summed E-state index contributed by atoms with van der Waals surface area (Å²) in [4.78, 5) is 0. The van der Waals surface area contributed by atoms with Gasteiger partial charge in [0.1, 0.15) is 5.40 Å². The Morgan fingerprint density at radius 2 is 1.93 bits per heavy atom. The number of thiocyanates is 1. The van der Waals surface area contributed by atoms with E-state index in [4.69, 9.17) is 16.9 Å². The molecule has 1 nitrogen and oxygen atoms in total. The largest absolute Gasteiger partial charge is 0.185 e. The number of benzene rings is 1. The SMILES string of the molecule is N#CSCCSCc1ccc(Cl)cc1. The predicted molar refractivity (Wildman–Crippen MR) is 65.7 cm³/mol. The van der Waals surface area contributed by atoms with Crippen molar-refractivity contribution < 1.29 is 0 Å². The molecule has 0 unspecified atom stereocenters. The van der Waals surface area contributed by atoms with E-state index in [0.717, 1.165) is 22.3 Å². The van der Waals surface area contributed by atoms with E-state index in [1.54, 1.807) is 0 Å². The number of hydrogen-bond donors (Lipinski definition) is 0. The van der Waals surface area contributed by atoms with Crippen LogP contribution in [0.25, 0.3) is 0 Å². The van der Waals surface area contributed by atoms with Crippen LogP contribution in [0.4, 0.5) is 0 Å². The zero-order valence-corrected chi connectivity index (χ0v) is 9.96. The molecule has 0 fully saturated rings. The average molecular weight is 244 g/mol. The van der Waals surface area contributed by atoms with Crippen molar-refractivity contribution in [2.24, 2.45) is 0 Å². The molecule has 4 heteroatoms. The molecule has 0 bridgehead atoms. The first-order chi connectivity index (χ1) is 6.83. The van der Waals surface area contributed by atoms with Crippen LogP contribution < -0.4 is 0 Å². The molecule has 14 heavy (non-hydrogen) atoms. The van der Waals surface area contributed by atoms with Crippen molar-refractivity contribution in [1.29, 1.82) is 5.26 Å². The summed E-state index contributed by atoms with van der Waals surface area (Å²) >= 11 is 8.91. The van der Waals surface area contributed by atoms with E-state index in [2.05, 4.69) is 5.40 Å². The molecule has 0 saturated heterocycles. The molecular formula is C10H10ClNS2. The van der Waals surface area contributed by atoms with E-state index in [-0.39, 0.29) is 0 Å². The number of hydrogen-bond acceptors (Lipinski definition) is 3. The molecule has 0 spiro atoms. The first kappa shape index (κ1) is 11.8. The Balaban J connectivity index is 2.19. The van der Waals surface area contributed by atoms with Gasteiger partial charge in [0.05, 0.1) is 0 Å². The maximum atomic E-state index is 8.30. The summed E-state index contributed by atoms with van der Waals surface area (Å²) in [7, 11) is 0. The zero-order chi connectivity index (χ0) is 10.2. The summed E-state index contributed by atoms with van der Waals surface area (Å²) in [6.45, 7) is 0. The lowest BCUT2D eigenvalue weighted by molar-refractivity contribution is 1.40. The topological polar surface area (TPSA) is 23.8 Å². The van der Waals surface area contributed by atoms with Gasteiger partial charge in [0.15, 0.2) is 0 Å². The van der Waals surface area contributed by atoms with Crippen LogP contribution >= 0.6 is 35.1 Å². The Morgan fingerprint density at radius 1 is 1.21 bits per heavy atom. The van der Waals surface area contributed by atoms with Crippen molar-refractivity contribution in [2.75, 3.05) is 11.5 Å². The average Bonchev–Trinajstić information content (AvgIpc) is 2.21. The second kappa shape index (κ2) is 7.05. The van der Waals surface area contributed by atoms with Crippen LogP contribution in [0.2, 0.25) is 5.02 Å². The molecule has 0 radical (unpaired) electrons. The highest BCUT2D eigenvalue weighted by atomic mass is 35.5. The van der Waals surface area contributed by atoms with Crippen LogP contribution in [-0.2, 0) is 5.75 Å². The molecule has 1 aromatic carbocycles. The van der Waals surface area contributed by atoms with Crippen molar-refractivity contribution >= 4 is 35.1 Å². The van der Waals surface area contributed by atoms with E-state index in [1.807, 2.05) is 36.0 Å². The quantitative estimate of drug-likeness (QED) is 0.581. The third-order valence-corrected chi connectivity index (χ3v) is 3.65. The first-order valence-electron chi connectivity index (χ1n) is 4.16. The van der Waals surface area contributed by atoms with Gasteiger partial charge < -0.3 is 0 Å². The number of rotatable bonds is 5. The zero-order valence-electron chi connectivity index (χ0n) is 7.57. The third kappa shape index (κ3) is 4.80. The lowest BCUT2D eigenvalue weighted by atomic mass is 10.2. The molecular weight excluding hydrogens is 234 g/mol. The van der Waals surface area contributed by atoms with Gasteiger partial charge >= 0.3 is 0 Å². The fourth-order valence-electron chi connectivity index (χ4n) is 0.917. The van der Waals surface area contributed by atoms with Crippen LogP contribution in [0.1, 0.15) is 5.56 Å².